The fraction of sp³-hybridized carbons (Fsp3) is 0.870. The number of carbonyl (C=O) groups excluding carboxylic acids is 1. The summed E-state index contributed by atoms with van der Waals surface area (Å²) in [5.74, 6) is -0.194. The van der Waals surface area contributed by atoms with Crippen molar-refractivity contribution in [1.82, 2.24) is 5.32 Å². The molecule has 370 valence electrons. The zero-order valence-corrected chi connectivity index (χ0v) is 40.8. The molecular formula is C54H101NO8. The van der Waals surface area contributed by atoms with Crippen molar-refractivity contribution in [2.24, 2.45) is 0 Å². The van der Waals surface area contributed by atoms with E-state index >= 15 is 0 Å². The van der Waals surface area contributed by atoms with Crippen LogP contribution in [0.3, 0.4) is 0 Å². The van der Waals surface area contributed by atoms with Gasteiger partial charge >= 0.3 is 0 Å². The van der Waals surface area contributed by atoms with Crippen LogP contribution in [0.1, 0.15) is 245 Å². The SMILES string of the molecule is CCCCCCCC/C=C\CCCCCCCC(=O)NC(COC1OC(CO)C(O)C(O)C1O)C(O)/C=C/CC/C=C/CCCCCCCCCCCCCCCCCCCCC. The number of hydrogen-bond acceptors (Lipinski definition) is 8. The van der Waals surface area contributed by atoms with Gasteiger partial charge in [0.1, 0.15) is 24.4 Å². The Hall–Kier alpha value is -1.59. The van der Waals surface area contributed by atoms with Crippen molar-refractivity contribution < 1.29 is 39.8 Å². The van der Waals surface area contributed by atoms with Crippen LogP contribution in [0.4, 0.5) is 0 Å². The van der Waals surface area contributed by atoms with Crippen molar-refractivity contribution in [2.45, 2.75) is 288 Å². The van der Waals surface area contributed by atoms with Crippen molar-refractivity contribution >= 4 is 5.91 Å². The van der Waals surface area contributed by atoms with E-state index < -0.39 is 49.5 Å². The number of ether oxygens (including phenoxy) is 2. The van der Waals surface area contributed by atoms with Crippen LogP contribution in [0.5, 0.6) is 0 Å². The number of rotatable bonds is 45. The molecule has 9 nitrogen and oxygen atoms in total. The Morgan fingerprint density at radius 3 is 1.33 bits per heavy atom. The van der Waals surface area contributed by atoms with E-state index in [0.29, 0.717) is 6.42 Å². The topological polar surface area (TPSA) is 149 Å². The van der Waals surface area contributed by atoms with Gasteiger partial charge in [0.05, 0.1) is 25.4 Å². The molecule has 0 bridgehead atoms. The van der Waals surface area contributed by atoms with Crippen LogP contribution < -0.4 is 5.32 Å². The highest BCUT2D eigenvalue weighted by Crippen LogP contribution is 2.23. The van der Waals surface area contributed by atoms with Crippen LogP contribution in [-0.2, 0) is 14.3 Å². The Kier molecular flexibility index (Phi) is 41.7. The van der Waals surface area contributed by atoms with Crippen LogP contribution >= 0.6 is 0 Å². The summed E-state index contributed by atoms with van der Waals surface area (Å²) in [6.07, 6.45) is 49.2. The number of nitrogens with one attached hydrogen (secondary N) is 1. The summed E-state index contributed by atoms with van der Waals surface area (Å²) in [6.45, 7) is 3.76. The Balaban J connectivity index is 2.28. The van der Waals surface area contributed by atoms with Crippen LogP contribution in [0.2, 0.25) is 0 Å². The zero-order valence-electron chi connectivity index (χ0n) is 40.8. The average molecular weight is 892 g/mol. The van der Waals surface area contributed by atoms with Crippen molar-refractivity contribution in [2.75, 3.05) is 13.2 Å². The van der Waals surface area contributed by atoms with Crippen molar-refractivity contribution in [1.29, 1.82) is 0 Å². The van der Waals surface area contributed by atoms with E-state index in [1.54, 1.807) is 6.08 Å². The van der Waals surface area contributed by atoms with Crippen molar-refractivity contribution in [3.63, 3.8) is 0 Å². The Labute approximate surface area is 387 Å². The van der Waals surface area contributed by atoms with Gasteiger partial charge in [0, 0.05) is 6.42 Å². The summed E-state index contributed by atoms with van der Waals surface area (Å²) in [4.78, 5) is 13.0. The highest BCUT2D eigenvalue weighted by atomic mass is 16.7. The van der Waals surface area contributed by atoms with E-state index in [1.165, 1.54) is 167 Å². The van der Waals surface area contributed by atoms with Crippen LogP contribution in [0.25, 0.3) is 0 Å². The lowest BCUT2D eigenvalue weighted by Gasteiger charge is -2.40. The quantitative estimate of drug-likeness (QED) is 0.0261. The number of aliphatic hydroxyl groups is 5. The first-order valence-electron chi connectivity index (χ1n) is 26.7. The lowest BCUT2D eigenvalue weighted by Crippen LogP contribution is -2.60. The third kappa shape index (κ3) is 34.4. The molecule has 1 heterocycles. The van der Waals surface area contributed by atoms with Crippen molar-refractivity contribution in [3.05, 3.63) is 36.5 Å². The molecule has 0 aromatic rings. The minimum absolute atomic E-state index is 0.194. The summed E-state index contributed by atoms with van der Waals surface area (Å²) in [6, 6.07) is -0.825. The molecular weight excluding hydrogens is 791 g/mol. The van der Waals surface area contributed by atoms with E-state index in [1.807, 2.05) is 6.08 Å². The van der Waals surface area contributed by atoms with Crippen LogP contribution in [0, 0.1) is 0 Å². The van der Waals surface area contributed by atoms with Gasteiger partial charge in [-0.15, -0.1) is 0 Å². The molecule has 0 spiro atoms. The predicted octanol–water partition coefficient (Wildman–Crippen LogP) is 12.4. The van der Waals surface area contributed by atoms with Crippen molar-refractivity contribution in [3.8, 4) is 0 Å². The maximum absolute atomic E-state index is 13.0. The van der Waals surface area contributed by atoms with Gasteiger partial charge in [-0.1, -0.05) is 217 Å². The maximum atomic E-state index is 13.0. The Bertz CT molecular complexity index is 1080. The Morgan fingerprint density at radius 2 is 0.905 bits per heavy atom. The van der Waals surface area contributed by atoms with Gasteiger partial charge < -0.3 is 40.3 Å². The third-order valence-electron chi connectivity index (χ3n) is 12.7. The molecule has 0 aliphatic carbocycles. The molecule has 1 fully saturated rings. The second kappa shape index (κ2) is 44.3. The van der Waals surface area contributed by atoms with E-state index in [4.69, 9.17) is 9.47 Å². The van der Waals surface area contributed by atoms with E-state index in [0.717, 1.165) is 57.8 Å². The summed E-state index contributed by atoms with van der Waals surface area (Å²) in [7, 11) is 0. The van der Waals surface area contributed by atoms with Gasteiger partial charge in [0.15, 0.2) is 6.29 Å². The molecule has 7 atom stereocenters. The molecule has 9 heteroatoms. The zero-order chi connectivity index (χ0) is 45.9. The minimum Gasteiger partial charge on any atom is -0.394 e. The number of unbranched alkanes of at least 4 members (excludes halogenated alkanes) is 31. The van der Waals surface area contributed by atoms with Crippen LogP contribution in [-0.4, -0.2) is 87.5 Å². The molecule has 63 heavy (non-hydrogen) atoms. The molecule has 0 aromatic heterocycles. The standard InChI is InChI=1S/C54H101NO8/c1-3-5-7-9-11-13-15-17-19-20-21-22-23-24-25-26-27-28-30-31-33-35-37-39-41-43-48(57)47(46-62-54-53(61)52(60)51(59)49(45-56)63-54)55-50(58)44-42-40-38-36-34-32-29-18-16-14-12-10-8-6-4-2/h18,29,33,35,41,43,47-49,51-54,56-57,59-61H,3-17,19-28,30-32,34,36-40,42,44-46H2,1-2H3,(H,55,58)/b29-18-,35-33+,43-41+. The minimum atomic E-state index is -1.57. The number of hydrogen-bond donors (Lipinski definition) is 6. The van der Waals surface area contributed by atoms with Gasteiger partial charge in [0.25, 0.3) is 0 Å². The molecule has 6 N–H and O–H groups in total. The molecule has 1 amide bonds. The molecule has 0 radical (unpaired) electrons. The second-order valence-corrected chi connectivity index (χ2v) is 18.7. The third-order valence-corrected chi connectivity index (χ3v) is 12.7. The van der Waals surface area contributed by atoms with Gasteiger partial charge in [-0.3, -0.25) is 4.79 Å². The predicted molar refractivity (Wildman–Crippen MR) is 263 cm³/mol. The van der Waals surface area contributed by atoms with Gasteiger partial charge in [-0.2, -0.15) is 0 Å². The van der Waals surface area contributed by atoms with E-state index in [2.05, 4.69) is 43.5 Å². The first-order chi connectivity index (χ1) is 30.8. The number of aliphatic hydroxyl groups excluding tert-OH is 5. The Morgan fingerprint density at radius 1 is 0.524 bits per heavy atom. The fourth-order valence-corrected chi connectivity index (χ4v) is 8.40. The molecule has 1 saturated heterocycles. The maximum Gasteiger partial charge on any atom is 0.220 e. The monoisotopic (exact) mass is 892 g/mol. The summed E-state index contributed by atoms with van der Waals surface area (Å²) in [5, 5.41) is 54.3. The average Bonchev–Trinajstić information content (AvgIpc) is 3.28. The highest BCUT2D eigenvalue weighted by molar-refractivity contribution is 5.76. The van der Waals surface area contributed by atoms with E-state index in [-0.39, 0.29) is 12.5 Å². The first-order valence-corrected chi connectivity index (χ1v) is 26.7. The molecule has 1 aliphatic rings. The van der Waals surface area contributed by atoms with Crippen LogP contribution in [0.15, 0.2) is 36.5 Å². The number of carbonyl (C=O) groups is 1. The van der Waals surface area contributed by atoms with Gasteiger partial charge in [0.2, 0.25) is 5.91 Å². The lowest BCUT2D eigenvalue weighted by molar-refractivity contribution is -0.302. The smallest absolute Gasteiger partial charge is 0.220 e. The highest BCUT2D eigenvalue weighted by Gasteiger charge is 2.44. The summed E-state index contributed by atoms with van der Waals surface area (Å²) >= 11 is 0. The van der Waals surface area contributed by atoms with Gasteiger partial charge in [-0.25, -0.2) is 0 Å². The van der Waals surface area contributed by atoms with E-state index in [9.17, 15) is 30.3 Å². The number of allylic oxidation sites excluding steroid dienone is 5. The molecule has 1 aliphatic heterocycles. The summed E-state index contributed by atoms with van der Waals surface area (Å²) < 4.78 is 11.2. The first kappa shape index (κ1) is 59.4. The normalized spacial score (nSPS) is 20.4. The molecule has 7 unspecified atom stereocenters. The second-order valence-electron chi connectivity index (χ2n) is 18.7. The molecule has 0 saturated carbocycles. The number of amides is 1. The van der Waals surface area contributed by atoms with Gasteiger partial charge in [-0.05, 0) is 57.8 Å². The lowest BCUT2D eigenvalue weighted by atomic mass is 9.99. The molecule has 1 rings (SSSR count). The summed E-state index contributed by atoms with van der Waals surface area (Å²) in [5.41, 5.74) is 0. The largest absolute Gasteiger partial charge is 0.394 e. The molecule has 0 aromatic carbocycles. The fourth-order valence-electron chi connectivity index (χ4n) is 8.40.